The summed E-state index contributed by atoms with van der Waals surface area (Å²) in [7, 11) is 3.51. The topological polar surface area (TPSA) is 69.6 Å². The fourth-order valence-corrected chi connectivity index (χ4v) is 3.16. The third kappa shape index (κ3) is 6.52. The summed E-state index contributed by atoms with van der Waals surface area (Å²) in [6.07, 6.45) is 1.94. The molecule has 7 heteroatoms. The second kappa shape index (κ2) is 12.3. The molecule has 0 bridgehead atoms. The number of hydrogen-bond acceptors (Lipinski definition) is 7. The van der Waals surface area contributed by atoms with Crippen molar-refractivity contribution < 1.29 is 23.8 Å². The number of nitrogens with zero attached hydrogens (tertiary/aromatic N) is 2. The van der Waals surface area contributed by atoms with Gasteiger partial charge in [-0.25, -0.2) is 0 Å². The van der Waals surface area contributed by atoms with E-state index in [1.54, 1.807) is 7.11 Å². The molecule has 0 aromatic heterocycles. The van der Waals surface area contributed by atoms with Crippen molar-refractivity contribution in [1.29, 1.82) is 0 Å². The predicted octanol–water partition coefficient (Wildman–Crippen LogP) is 3.41. The maximum Gasteiger partial charge on any atom is 0.210 e. The Kier molecular flexibility index (Phi) is 9.73. The van der Waals surface area contributed by atoms with Gasteiger partial charge in [-0.1, -0.05) is 35.0 Å². The Hall–Kier alpha value is -2.48. The molecular weight excluding hydrogens is 384 g/mol. The first-order valence-electron chi connectivity index (χ1n) is 10.0. The number of allylic oxidation sites excluding steroid dienone is 3. The summed E-state index contributed by atoms with van der Waals surface area (Å²) in [6.45, 7) is 8.71. The number of oxime groups is 1. The number of likely N-dealkylation sites (N-methyl/N-ethyl adjacent to an activating group) is 1. The van der Waals surface area contributed by atoms with Gasteiger partial charge in [-0.15, -0.1) is 0 Å². The number of ether oxygens (including phenoxy) is 3. The molecule has 0 saturated heterocycles. The van der Waals surface area contributed by atoms with Gasteiger partial charge in [0.15, 0.2) is 0 Å². The number of Topliss-reactive ketones (excluding diaryl/α,β-unsaturated/α-hetero) is 1. The molecule has 1 aromatic rings. The Morgan fingerprint density at radius 3 is 2.23 bits per heavy atom. The minimum Gasteiger partial charge on any atom is -0.393 e. The molecule has 0 N–H and O–H groups in total. The molecule has 30 heavy (non-hydrogen) atoms. The van der Waals surface area contributed by atoms with E-state index in [2.05, 4.69) is 5.16 Å². The largest absolute Gasteiger partial charge is 0.393 e. The molecule has 0 heterocycles. The van der Waals surface area contributed by atoms with E-state index in [1.807, 2.05) is 63.2 Å². The molecule has 1 aliphatic carbocycles. The van der Waals surface area contributed by atoms with Crippen LogP contribution in [0.25, 0.3) is 0 Å². The second-order valence-electron chi connectivity index (χ2n) is 7.16. The Morgan fingerprint density at radius 1 is 1.00 bits per heavy atom. The lowest BCUT2D eigenvalue weighted by atomic mass is 9.87. The van der Waals surface area contributed by atoms with Crippen LogP contribution in [0.2, 0.25) is 0 Å². The van der Waals surface area contributed by atoms with E-state index in [0.29, 0.717) is 56.6 Å². The van der Waals surface area contributed by atoms with Crippen LogP contribution in [0.5, 0.6) is 0 Å². The number of hydrogen-bond donors (Lipinski definition) is 0. The quantitative estimate of drug-likeness (QED) is 0.384. The first-order valence-corrected chi connectivity index (χ1v) is 10.0. The van der Waals surface area contributed by atoms with Crippen molar-refractivity contribution in [1.82, 2.24) is 4.90 Å². The Morgan fingerprint density at radius 2 is 1.60 bits per heavy atom. The summed E-state index contributed by atoms with van der Waals surface area (Å²) in [5.74, 6) is -0.0149. The number of rotatable bonds is 12. The Balaban J connectivity index is 2.04. The molecule has 0 spiro atoms. The highest BCUT2D eigenvalue weighted by Crippen LogP contribution is 2.28. The first-order chi connectivity index (χ1) is 14.5. The van der Waals surface area contributed by atoms with Crippen LogP contribution in [0.15, 0.2) is 52.5 Å². The SMILES string of the molecule is COCCOCCOCCO/N=C1/C(C)=C(N(C)C=C(C)C)C(=O)c2ccccc21. The van der Waals surface area contributed by atoms with Gasteiger partial charge in [-0.05, 0) is 20.8 Å². The summed E-state index contributed by atoms with van der Waals surface area (Å²) in [5, 5.41) is 4.34. The minimum absolute atomic E-state index is 0.0149. The molecule has 0 unspecified atom stereocenters. The molecule has 0 radical (unpaired) electrons. The number of carbonyl (C=O) groups is 1. The van der Waals surface area contributed by atoms with Crippen LogP contribution in [0, 0.1) is 0 Å². The molecule has 0 fully saturated rings. The van der Waals surface area contributed by atoms with E-state index in [1.165, 1.54) is 0 Å². The summed E-state index contributed by atoms with van der Waals surface area (Å²) in [5.41, 5.74) is 4.55. The number of methoxy groups -OCH3 is 1. The zero-order chi connectivity index (χ0) is 21.9. The standard InChI is InChI=1S/C23H32N2O5/c1-17(2)16-25(4)22-18(3)21(19-8-6-7-9-20(19)23(22)26)24-30-15-14-29-13-12-28-11-10-27-5/h6-9,16H,10-15H2,1-5H3/b24-21-. The van der Waals surface area contributed by atoms with Gasteiger partial charge in [-0.2, -0.15) is 0 Å². The molecule has 0 amide bonds. The van der Waals surface area contributed by atoms with E-state index >= 15 is 0 Å². The predicted molar refractivity (Wildman–Crippen MR) is 117 cm³/mol. The maximum absolute atomic E-state index is 13.1. The van der Waals surface area contributed by atoms with Gasteiger partial charge in [-0.3, -0.25) is 4.79 Å². The number of benzene rings is 1. The van der Waals surface area contributed by atoms with Crippen molar-refractivity contribution in [3.63, 3.8) is 0 Å². The van der Waals surface area contributed by atoms with E-state index in [0.717, 1.165) is 16.7 Å². The monoisotopic (exact) mass is 416 g/mol. The van der Waals surface area contributed by atoms with Gasteiger partial charge >= 0.3 is 0 Å². The van der Waals surface area contributed by atoms with Gasteiger partial charge < -0.3 is 23.9 Å². The highest BCUT2D eigenvalue weighted by molar-refractivity contribution is 6.28. The molecule has 0 aliphatic heterocycles. The zero-order valence-corrected chi connectivity index (χ0v) is 18.6. The van der Waals surface area contributed by atoms with Crippen LogP contribution < -0.4 is 0 Å². The van der Waals surface area contributed by atoms with Crippen molar-refractivity contribution >= 4 is 11.5 Å². The minimum atomic E-state index is -0.0149. The molecule has 0 saturated carbocycles. The molecule has 1 aliphatic rings. The number of fused-ring (bicyclic) bond motifs is 1. The molecular formula is C23H32N2O5. The van der Waals surface area contributed by atoms with Crippen LogP contribution in [-0.2, 0) is 19.0 Å². The lowest BCUT2D eigenvalue weighted by molar-refractivity contribution is 0.00453. The van der Waals surface area contributed by atoms with E-state index < -0.39 is 0 Å². The summed E-state index contributed by atoms with van der Waals surface area (Å²) >= 11 is 0. The van der Waals surface area contributed by atoms with Gasteiger partial charge in [0, 0.05) is 37.1 Å². The van der Waals surface area contributed by atoms with Gasteiger partial charge in [0.2, 0.25) is 5.78 Å². The fourth-order valence-electron chi connectivity index (χ4n) is 3.16. The highest BCUT2D eigenvalue weighted by Gasteiger charge is 2.30. The van der Waals surface area contributed by atoms with Crippen molar-refractivity contribution in [2.45, 2.75) is 20.8 Å². The van der Waals surface area contributed by atoms with E-state index in [9.17, 15) is 4.79 Å². The number of carbonyl (C=O) groups excluding carboxylic acids is 1. The van der Waals surface area contributed by atoms with E-state index in [4.69, 9.17) is 19.0 Å². The maximum atomic E-state index is 13.1. The smallest absolute Gasteiger partial charge is 0.210 e. The van der Waals surface area contributed by atoms with Gasteiger partial charge in [0.05, 0.1) is 38.7 Å². The fraction of sp³-hybridized carbons (Fsp3) is 0.478. The summed E-state index contributed by atoms with van der Waals surface area (Å²) < 4.78 is 15.7. The van der Waals surface area contributed by atoms with Crippen LogP contribution in [-0.4, -0.2) is 70.2 Å². The highest BCUT2D eigenvalue weighted by atomic mass is 16.6. The van der Waals surface area contributed by atoms with Crippen LogP contribution in [0.3, 0.4) is 0 Å². The third-order valence-corrected chi connectivity index (χ3v) is 4.44. The lowest BCUT2D eigenvalue weighted by Crippen LogP contribution is -2.29. The average Bonchev–Trinajstić information content (AvgIpc) is 2.71. The van der Waals surface area contributed by atoms with Crippen LogP contribution >= 0.6 is 0 Å². The van der Waals surface area contributed by atoms with Crippen molar-refractivity contribution in [2.24, 2.45) is 5.16 Å². The molecule has 0 atom stereocenters. The first kappa shape index (κ1) is 23.8. The Bertz CT molecular complexity index is 810. The summed E-state index contributed by atoms with van der Waals surface area (Å²) in [6, 6.07) is 7.47. The van der Waals surface area contributed by atoms with Crippen molar-refractivity contribution in [2.75, 3.05) is 53.8 Å². The number of ketones is 1. The van der Waals surface area contributed by atoms with E-state index in [-0.39, 0.29) is 5.78 Å². The zero-order valence-electron chi connectivity index (χ0n) is 18.6. The van der Waals surface area contributed by atoms with Crippen LogP contribution in [0.1, 0.15) is 36.7 Å². The van der Waals surface area contributed by atoms with Crippen molar-refractivity contribution in [3.8, 4) is 0 Å². The second-order valence-corrected chi connectivity index (χ2v) is 7.16. The molecule has 1 aromatic carbocycles. The Labute approximate surface area is 178 Å². The van der Waals surface area contributed by atoms with Gasteiger partial charge in [0.25, 0.3) is 0 Å². The van der Waals surface area contributed by atoms with Crippen molar-refractivity contribution in [3.05, 3.63) is 58.4 Å². The molecule has 7 nitrogen and oxygen atoms in total. The summed E-state index contributed by atoms with van der Waals surface area (Å²) in [4.78, 5) is 20.4. The molecule has 2 rings (SSSR count). The molecule has 164 valence electrons. The lowest BCUT2D eigenvalue weighted by Gasteiger charge is -2.26. The normalized spacial score (nSPS) is 14.7. The average molecular weight is 417 g/mol. The van der Waals surface area contributed by atoms with Crippen LogP contribution in [0.4, 0.5) is 0 Å². The third-order valence-electron chi connectivity index (χ3n) is 4.44. The van der Waals surface area contributed by atoms with Gasteiger partial charge in [0.1, 0.15) is 12.3 Å².